The van der Waals surface area contributed by atoms with Gasteiger partial charge in [0.25, 0.3) is 0 Å². The third kappa shape index (κ3) is 4.90. The highest BCUT2D eigenvalue weighted by atomic mass is 19.1. The van der Waals surface area contributed by atoms with Crippen molar-refractivity contribution in [2.75, 3.05) is 13.7 Å². The molecule has 0 spiro atoms. The van der Waals surface area contributed by atoms with E-state index in [1.54, 1.807) is 25.1 Å². The highest BCUT2D eigenvalue weighted by molar-refractivity contribution is 5.76. The zero-order valence-electron chi connectivity index (χ0n) is 14.2. The molecule has 0 heterocycles. The van der Waals surface area contributed by atoms with Crippen LogP contribution in [0, 0.1) is 5.82 Å². The first-order valence-electron chi connectivity index (χ1n) is 8.16. The van der Waals surface area contributed by atoms with Crippen LogP contribution in [0.25, 0.3) is 0 Å². The van der Waals surface area contributed by atoms with Crippen LogP contribution in [0.5, 0.6) is 0 Å². The fourth-order valence-corrected chi connectivity index (χ4v) is 2.62. The molecule has 0 bridgehead atoms. The fourth-order valence-electron chi connectivity index (χ4n) is 2.62. The zero-order chi connectivity index (χ0) is 17.4. The average molecular weight is 329 g/mol. The van der Waals surface area contributed by atoms with Crippen LogP contribution in [0.4, 0.5) is 4.39 Å². The highest BCUT2D eigenvalue weighted by Crippen LogP contribution is 2.26. The van der Waals surface area contributed by atoms with E-state index in [-0.39, 0.29) is 18.3 Å². The third-order valence-electron chi connectivity index (χ3n) is 4.23. The first kappa shape index (κ1) is 18.1. The SMILES string of the molecule is COC(C)(CNC(=O)CCCc1ccccc1)c1ccccc1F. The number of rotatable bonds is 8. The molecular weight excluding hydrogens is 305 g/mol. The van der Waals surface area contributed by atoms with E-state index in [4.69, 9.17) is 4.74 Å². The van der Waals surface area contributed by atoms with Crippen molar-refractivity contribution in [2.45, 2.75) is 31.8 Å². The maximum atomic E-state index is 14.0. The van der Waals surface area contributed by atoms with Crippen molar-refractivity contribution >= 4 is 5.91 Å². The Morgan fingerprint density at radius 1 is 1.12 bits per heavy atom. The second kappa shape index (κ2) is 8.60. The lowest BCUT2D eigenvalue weighted by Crippen LogP contribution is -2.40. The molecule has 0 saturated heterocycles. The number of aryl methyl sites for hydroxylation is 1. The number of methoxy groups -OCH3 is 1. The van der Waals surface area contributed by atoms with E-state index in [0.29, 0.717) is 12.0 Å². The second-order valence-electron chi connectivity index (χ2n) is 6.03. The van der Waals surface area contributed by atoms with Crippen molar-refractivity contribution in [1.29, 1.82) is 0 Å². The minimum atomic E-state index is -0.888. The Bertz CT molecular complexity index is 660. The summed E-state index contributed by atoms with van der Waals surface area (Å²) in [6.07, 6.45) is 2.08. The molecule has 128 valence electrons. The Kier molecular flexibility index (Phi) is 6.50. The van der Waals surface area contributed by atoms with Gasteiger partial charge < -0.3 is 10.1 Å². The minimum Gasteiger partial charge on any atom is -0.372 e. The van der Waals surface area contributed by atoms with Gasteiger partial charge in [-0.15, -0.1) is 0 Å². The summed E-state index contributed by atoms with van der Waals surface area (Å²) in [5.74, 6) is -0.384. The van der Waals surface area contributed by atoms with Crippen molar-refractivity contribution in [3.63, 3.8) is 0 Å². The number of hydrogen-bond acceptors (Lipinski definition) is 2. The molecule has 0 aromatic heterocycles. The number of amides is 1. The molecular formula is C20H24FNO2. The van der Waals surface area contributed by atoms with E-state index in [0.717, 1.165) is 12.8 Å². The van der Waals surface area contributed by atoms with Gasteiger partial charge in [0.05, 0.1) is 6.54 Å². The average Bonchev–Trinajstić information content (AvgIpc) is 2.61. The smallest absolute Gasteiger partial charge is 0.220 e. The van der Waals surface area contributed by atoms with Gasteiger partial charge in [-0.1, -0.05) is 48.5 Å². The summed E-state index contributed by atoms with van der Waals surface area (Å²) in [5.41, 5.74) is 0.774. The van der Waals surface area contributed by atoms with Crippen molar-refractivity contribution in [3.8, 4) is 0 Å². The van der Waals surface area contributed by atoms with Crippen molar-refractivity contribution in [1.82, 2.24) is 5.32 Å². The first-order chi connectivity index (χ1) is 11.5. The molecule has 24 heavy (non-hydrogen) atoms. The van der Waals surface area contributed by atoms with Crippen LogP contribution in [0.15, 0.2) is 54.6 Å². The van der Waals surface area contributed by atoms with Crippen LogP contribution in [0.3, 0.4) is 0 Å². The highest BCUT2D eigenvalue weighted by Gasteiger charge is 2.29. The molecule has 0 fully saturated rings. The maximum Gasteiger partial charge on any atom is 0.220 e. The molecule has 2 aromatic rings. The van der Waals surface area contributed by atoms with Gasteiger partial charge in [0.15, 0.2) is 0 Å². The Morgan fingerprint density at radius 2 is 1.79 bits per heavy atom. The summed E-state index contributed by atoms with van der Waals surface area (Å²) in [6, 6.07) is 16.5. The van der Waals surface area contributed by atoms with Crippen molar-refractivity contribution in [2.24, 2.45) is 0 Å². The molecule has 1 atom stereocenters. The predicted octanol–water partition coefficient (Wildman–Crippen LogP) is 3.83. The maximum absolute atomic E-state index is 14.0. The summed E-state index contributed by atoms with van der Waals surface area (Å²) in [6.45, 7) is 2.00. The van der Waals surface area contributed by atoms with Gasteiger partial charge in [0, 0.05) is 19.1 Å². The molecule has 2 rings (SSSR count). The molecule has 0 aliphatic rings. The number of hydrogen-bond donors (Lipinski definition) is 1. The van der Waals surface area contributed by atoms with E-state index in [1.807, 2.05) is 18.2 Å². The van der Waals surface area contributed by atoms with Gasteiger partial charge >= 0.3 is 0 Å². The number of nitrogens with one attached hydrogen (secondary N) is 1. The summed E-state index contributed by atoms with van der Waals surface area (Å²) in [4.78, 5) is 12.1. The van der Waals surface area contributed by atoms with Gasteiger partial charge in [-0.2, -0.15) is 0 Å². The molecule has 1 amide bonds. The van der Waals surface area contributed by atoms with Gasteiger partial charge in [0.1, 0.15) is 11.4 Å². The van der Waals surface area contributed by atoms with E-state index in [1.165, 1.54) is 18.7 Å². The molecule has 3 nitrogen and oxygen atoms in total. The summed E-state index contributed by atoms with van der Waals surface area (Å²) >= 11 is 0. The van der Waals surface area contributed by atoms with Crippen LogP contribution >= 0.6 is 0 Å². The third-order valence-corrected chi connectivity index (χ3v) is 4.23. The van der Waals surface area contributed by atoms with E-state index in [2.05, 4.69) is 17.4 Å². The Morgan fingerprint density at radius 3 is 2.46 bits per heavy atom. The van der Waals surface area contributed by atoms with Crippen LogP contribution in [-0.4, -0.2) is 19.6 Å². The number of ether oxygens (including phenoxy) is 1. The first-order valence-corrected chi connectivity index (χ1v) is 8.16. The lowest BCUT2D eigenvalue weighted by molar-refractivity contribution is -0.122. The van der Waals surface area contributed by atoms with Crippen LogP contribution in [-0.2, 0) is 21.6 Å². The normalized spacial score (nSPS) is 13.3. The second-order valence-corrected chi connectivity index (χ2v) is 6.03. The largest absolute Gasteiger partial charge is 0.372 e. The molecule has 4 heteroatoms. The van der Waals surface area contributed by atoms with Gasteiger partial charge in [0.2, 0.25) is 5.91 Å². The molecule has 1 unspecified atom stereocenters. The van der Waals surface area contributed by atoms with Crippen LogP contribution < -0.4 is 5.32 Å². The summed E-state index contributed by atoms with van der Waals surface area (Å²) < 4.78 is 19.5. The van der Waals surface area contributed by atoms with Gasteiger partial charge in [-0.25, -0.2) is 4.39 Å². The molecule has 1 N–H and O–H groups in total. The number of benzene rings is 2. The standard InChI is InChI=1S/C20H24FNO2/c1-20(24-2,17-12-6-7-13-18(17)21)15-22-19(23)14-8-11-16-9-4-3-5-10-16/h3-7,9-10,12-13H,8,11,14-15H2,1-2H3,(H,22,23). The number of carbonyl (C=O) groups excluding carboxylic acids is 1. The minimum absolute atomic E-state index is 0.0504. The molecule has 0 aliphatic carbocycles. The van der Waals surface area contributed by atoms with Gasteiger partial charge in [-0.05, 0) is 31.4 Å². The zero-order valence-corrected chi connectivity index (χ0v) is 14.2. The summed E-state index contributed by atoms with van der Waals surface area (Å²) in [5, 5.41) is 2.86. The topological polar surface area (TPSA) is 38.3 Å². The predicted molar refractivity (Wildman–Crippen MR) is 93.2 cm³/mol. The van der Waals surface area contributed by atoms with E-state index in [9.17, 15) is 9.18 Å². The molecule has 0 radical (unpaired) electrons. The Balaban J connectivity index is 1.84. The number of carbonyl (C=O) groups is 1. The van der Waals surface area contributed by atoms with Crippen molar-refractivity contribution in [3.05, 3.63) is 71.5 Å². The summed E-state index contributed by atoms with van der Waals surface area (Å²) in [7, 11) is 1.52. The lowest BCUT2D eigenvalue weighted by Gasteiger charge is -2.29. The number of halogens is 1. The quantitative estimate of drug-likeness (QED) is 0.799. The monoisotopic (exact) mass is 329 g/mol. The van der Waals surface area contributed by atoms with Crippen LogP contribution in [0.2, 0.25) is 0 Å². The molecule has 2 aromatic carbocycles. The van der Waals surface area contributed by atoms with E-state index >= 15 is 0 Å². The van der Waals surface area contributed by atoms with Crippen molar-refractivity contribution < 1.29 is 13.9 Å². The van der Waals surface area contributed by atoms with E-state index < -0.39 is 5.60 Å². The Labute approximate surface area is 142 Å². The Hall–Kier alpha value is -2.20. The van der Waals surface area contributed by atoms with Crippen LogP contribution in [0.1, 0.15) is 30.9 Å². The molecule has 0 saturated carbocycles. The lowest BCUT2D eigenvalue weighted by atomic mass is 9.95. The fraction of sp³-hybridized carbons (Fsp3) is 0.350. The van der Waals surface area contributed by atoms with Gasteiger partial charge in [-0.3, -0.25) is 4.79 Å². The molecule has 0 aliphatic heterocycles.